The molecule has 0 radical (unpaired) electrons. The summed E-state index contributed by atoms with van der Waals surface area (Å²) in [6, 6.07) is 7.72. The second kappa shape index (κ2) is 8.53. The highest BCUT2D eigenvalue weighted by atomic mass is 19.1. The second-order valence-corrected chi connectivity index (χ2v) is 5.82. The van der Waals surface area contributed by atoms with E-state index in [1.807, 2.05) is 0 Å². The Morgan fingerprint density at radius 1 is 1.36 bits per heavy atom. The van der Waals surface area contributed by atoms with E-state index >= 15 is 0 Å². The van der Waals surface area contributed by atoms with Gasteiger partial charge in [0.05, 0.1) is 18.8 Å². The van der Waals surface area contributed by atoms with Crippen molar-refractivity contribution in [2.75, 3.05) is 19.8 Å². The summed E-state index contributed by atoms with van der Waals surface area (Å²) >= 11 is 0. The molecule has 0 unspecified atom stereocenters. The standard InChI is InChI=1S/C18H20FN3O3/c19-15-5-1-2-6-16(15)25-12-17(23)21-10-14-7-8-20-18(22-14)13-4-3-9-24-11-13/h1-2,5-8,13H,3-4,9-12H2,(H,21,23)/t13-/m0/s1. The second-order valence-electron chi connectivity index (χ2n) is 5.82. The number of ether oxygens (including phenoxy) is 2. The number of aromatic nitrogens is 2. The number of carbonyl (C=O) groups is 1. The van der Waals surface area contributed by atoms with Crippen molar-refractivity contribution < 1.29 is 18.7 Å². The maximum Gasteiger partial charge on any atom is 0.258 e. The van der Waals surface area contributed by atoms with E-state index in [-0.39, 0.29) is 30.7 Å². The number of rotatable bonds is 6. The van der Waals surface area contributed by atoms with Crippen LogP contribution in [0.25, 0.3) is 0 Å². The highest BCUT2D eigenvalue weighted by molar-refractivity contribution is 5.77. The minimum atomic E-state index is -0.495. The Labute approximate surface area is 145 Å². The molecule has 3 rings (SSSR count). The molecule has 1 fully saturated rings. The van der Waals surface area contributed by atoms with Crippen LogP contribution in [0, 0.1) is 5.82 Å². The molecule has 1 amide bonds. The van der Waals surface area contributed by atoms with E-state index in [1.165, 1.54) is 12.1 Å². The van der Waals surface area contributed by atoms with Crippen LogP contribution in [0.2, 0.25) is 0 Å². The van der Waals surface area contributed by atoms with Gasteiger partial charge in [0.1, 0.15) is 5.82 Å². The van der Waals surface area contributed by atoms with Crippen LogP contribution < -0.4 is 10.1 Å². The van der Waals surface area contributed by atoms with Crippen LogP contribution >= 0.6 is 0 Å². The largest absolute Gasteiger partial charge is 0.481 e. The van der Waals surface area contributed by atoms with Crippen LogP contribution in [0.4, 0.5) is 4.39 Å². The Kier molecular flexibility index (Phi) is 5.90. The van der Waals surface area contributed by atoms with E-state index in [4.69, 9.17) is 9.47 Å². The fraction of sp³-hybridized carbons (Fsp3) is 0.389. The van der Waals surface area contributed by atoms with Gasteiger partial charge in [-0.2, -0.15) is 0 Å². The lowest BCUT2D eigenvalue weighted by molar-refractivity contribution is -0.123. The number of amides is 1. The molecule has 1 saturated heterocycles. The Hall–Kier alpha value is -2.54. The third-order valence-electron chi connectivity index (χ3n) is 3.92. The van der Waals surface area contributed by atoms with Gasteiger partial charge in [-0.15, -0.1) is 0 Å². The van der Waals surface area contributed by atoms with E-state index in [9.17, 15) is 9.18 Å². The molecule has 1 aromatic carbocycles. The summed E-state index contributed by atoms with van der Waals surface area (Å²) in [6.07, 6.45) is 3.70. The highest BCUT2D eigenvalue weighted by Crippen LogP contribution is 2.22. The molecule has 1 N–H and O–H groups in total. The van der Waals surface area contributed by atoms with Crippen LogP contribution in [0.5, 0.6) is 5.75 Å². The summed E-state index contributed by atoms with van der Waals surface area (Å²) < 4.78 is 24.1. The topological polar surface area (TPSA) is 73.3 Å². The van der Waals surface area contributed by atoms with Crippen molar-refractivity contribution in [3.05, 3.63) is 53.9 Å². The van der Waals surface area contributed by atoms with Gasteiger partial charge in [-0.3, -0.25) is 4.79 Å². The molecule has 0 saturated carbocycles. The van der Waals surface area contributed by atoms with Crippen molar-refractivity contribution in [1.82, 2.24) is 15.3 Å². The zero-order valence-electron chi connectivity index (χ0n) is 13.8. The van der Waals surface area contributed by atoms with Crippen LogP contribution in [0.1, 0.15) is 30.3 Å². The summed E-state index contributed by atoms with van der Waals surface area (Å²) in [4.78, 5) is 20.7. The zero-order valence-corrected chi connectivity index (χ0v) is 13.8. The summed E-state index contributed by atoms with van der Waals surface area (Å²) in [6.45, 7) is 1.43. The molecule has 2 aromatic rings. The molecule has 1 aliphatic heterocycles. The number of benzene rings is 1. The fourth-order valence-corrected chi connectivity index (χ4v) is 2.60. The molecule has 2 heterocycles. The van der Waals surface area contributed by atoms with Crippen LogP contribution in [0.15, 0.2) is 36.5 Å². The van der Waals surface area contributed by atoms with Gasteiger partial charge >= 0.3 is 0 Å². The predicted molar refractivity (Wildman–Crippen MR) is 88.6 cm³/mol. The number of halogens is 1. The van der Waals surface area contributed by atoms with Crippen LogP contribution in [-0.2, 0) is 16.1 Å². The number of nitrogens with one attached hydrogen (secondary N) is 1. The monoisotopic (exact) mass is 345 g/mol. The predicted octanol–water partition coefficient (Wildman–Crippen LogP) is 2.20. The molecule has 6 nitrogen and oxygen atoms in total. The van der Waals surface area contributed by atoms with E-state index < -0.39 is 5.82 Å². The van der Waals surface area contributed by atoms with Gasteiger partial charge in [-0.1, -0.05) is 12.1 Å². The Balaban J connectivity index is 1.49. The van der Waals surface area contributed by atoms with Gasteiger partial charge < -0.3 is 14.8 Å². The molecule has 25 heavy (non-hydrogen) atoms. The first-order chi connectivity index (χ1) is 12.2. The maximum absolute atomic E-state index is 13.4. The lowest BCUT2D eigenvalue weighted by atomic mass is 10.0. The molecular weight excluding hydrogens is 325 g/mol. The summed E-state index contributed by atoms with van der Waals surface area (Å²) in [5.41, 5.74) is 0.717. The number of para-hydroxylation sites is 1. The maximum atomic E-state index is 13.4. The van der Waals surface area contributed by atoms with E-state index in [2.05, 4.69) is 15.3 Å². The van der Waals surface area contributed by atoms with Crippen molar-refractivity contribution in [3.63, 3.8) is 0 Å². The summed E-state index contributed by atoms with van der Waals surface area (Å²) in [5, 5.41) is 2.71. The van der Waals surface area contributed by atoms with Gasteiger partial charge in [0.25, 0.3) is 5.91 Å². The Bertz CT molecular complexity index is 720. The van der Waals surface area contributed by atoms with Gasteiger partial charge in [0, 0.05) is 18.7 Å². The lowest BCUT2D eigenvalue weighted by Crippen LogP contribution is -2.29. The molecular formula is C18H20FN3O3. The minimum Gasteiger partial charge on any atom is -0.481 e. The van der Waals surface area contributed by atoms with Gasteiger partial charge in [0.2, 0.25) is 0 Å². The number of hydrogen-bond donors (Lipinski definition) is 1. The number of carbonyl (C=O) groups excluding carboxylic acids is 1. The van der Waals surface area contributed by atoms with Crippen molar-refractivity contribution in [2.24, 2.45) is 0 Å². The number of nitrogens with zero attached hydrogens (tertiary/aromatic N) is 2. The molecule has 7 heteroatoms. The van der Waals surface area contributed by atoms with Gasteiger partial charge in [-0.05, 0) is 31.0 Å². The minimum absolute atomic E-state index is 0.0549. The Morgan fingerprint density at radius 3 is 3.04 bits per heavy atom. The van der Waals surface area contributed by atoms with E-state index in [0.717, 1.165) is 31.0 Å². The third-order valence-corrected chi connectivity index (χ3v) is 3.92. The first-order valence-corrected chi connectivity index (χ1v) is 8.26. The average molecular weight is 345 g/mol. The highest BCUT2D eigenvalue weighted by Gasteiger charge is 2.19. The van der Waals surface area contributed by atoms with Gasteiger partial charge in [0.15, 0.2) is 18.2 Å². The molecule has 0 aliphatic carbocycles. The average Bonchev–Trinajstić information content (AvgIpc) is 2.67. The molecule has 1 aliphatic rings. The lowest BCUT2D eigenvalue weighted by Gasteiger charge is -2.20. The molecule has 132 valence electrons. The molecule has 0 spiro atoms. The zero-order chi connectivity index (χ0) is 17.5. The third kappa shape index (κ3) is 4.96. The Morgan fingerprint density at radius 2 is 2.24 bits per heavy atom. The summed E-state index contributed by atoms with van der Waals surface area (Å²) in [7, 11) is 0. The molecule has 1 aromatic heterocycles. The summed E-state index contributed by atoms with van der Waals surface area (Å²) in [5.74, 6) is 0.164. The van der Waals surface area contributed by atoms with E-state index in [1.54, 1.807) is 24.4 Å². The SMILES string of the molecule is O=C(COc1ccccc1F)NCc1ccnc([C@H]2CCCOC2)n1. The van der Waals surface area contributed by atoms with Crippen molar-refractivity contribution in [1.29, 1.82) is 0 Å². The van der Waals surface area contributed by atoms with Crippen molar-refractivity contribution in [2.45, 2.75) is 25.3 Å². The molecule has 1 atom stereocenters. The number of hydrogen-bond acceptors (Lipinski definition) is 5. The normalized spacial score (nSPS) is 17.1. The fourth-order valence-electron chi connectivity index (χ4n) is 2.60. The van der Waals surface area contributed by atoms with Crippen molar-refractivity contribution >= 4 is 5.91 Å². The first kappa shape index (κ1) is 17.3. The molecule has 0 bridgehead atoms. The van der Waals surface area contributed by atoms with Gasteiger partial charge in [-0.25, -0.2) is 14.4 Å². The van der Waals surface area contributed by atoms with Crippen molar-refractivity contribution in [3.8, 4) is 5.75 Å². The quantitative estimate of drug-likeness (QED) is 0.869. The van der Waals surface area contributed by atoms with E-state index in [0.29, 0.717) is 6.61 Å². The van der Waals surface area contributed by atoms with Crippen LogP contribution in [0.3, 0.4) is 0 Å². The first-order valence-electron chi connectivity index (χ1n) is 8.26. The van der Waals surface area contributed by atoms with Crippen LogP contribution in [-0.4, -0.2) is 35.7 Å². The smallest absolute Gasteiger partial charge is 0.258 e.